The highest BCUT2D eigenvalue weighted by Gasteiger charge is 2.25. The van der Waals surface area contributed by atoms with Gasteiger partial charge in [-0.15, -0.1) is 0 Å². The molecule has 0 aliphatic carbocycles. The summed E-state index contributed by atoms with van der Waals surface area (Å²) >= 11 is 6.11. The highest BCUT2D eigenvalue weighted by atomic mass is 35.5. The SMILES string of the molecule is O=C(Nc1cc(C(=O)N2CCCNCC2)ccc1N1CCCN(C(=O)c2cccc(Cl)c2)CC1)c1ccc([N+](=O)[O-])cc1. The van der Waals surface area contributed by atoms with Gasteiger partial charge < -0.3 is 25.3 Å². The van der Waals surface area contributed by atoms with Crippen molar-refractivity contribution in [1.82, 2.24) is 15.1 Å². The first-order chi connectivity index (χ1) is 20.8. The standard InChI is InChI=1S/C31H33ClN6O5/c32-25-5-1-4-23(20-25)30(40)37-16-3-15-35(18-19-37)28-11-8-24(31(41)36-14-2-12-33-13-17-36)21-27(28)34-29(39)22-6-9-26(10-7-22)38(42)43/h1,4-11,20-21,33H,2-3,12-19H2,(H,34,39). The van der Waals surface area contributed by atoms with Crippen LogP contribution in [-0.4, -0.2) is 84.8 Å². The first-order valence-corrected chi connectivity index (χ1v) is 14.7. The molecular formula is C31H33ClN6O5. The molecule has 3 amide bonds. The number of nitrogens with one attached hydrogen (secondary N) is 2. The second-order valence-electron chi connectivity index (χ2n) is 10.5. The Balaban J connectivity index is 1.40. The van der Waals surface area contributed by atoms with Gasteiger partial charge in [-0.2, -0.15) is 0 Å². The van der Waals surface area contributed by atoms with Gasteiger partial charge in [0.25, 0.3) is 23.4 Å². The van der Waals surface area contributed by atoms with Crippen molar-refractivity contribution in [3.05, 3.63) is 98.6 Å². The van der Waals surface area contributed by atoms with Gasteiger partial charge in [-0.3, -0.25) is 24.5 Å². The predicted molar refractivity (Wildman–Crippen MR) is 165 cm³/mol. The largest absolute Gasteiger partial charge is 0.368 e. The zero-order chi connectivity index (χ0) is 30.3. The molecule has 3 aromatic carbocycles. The average Bonchev–Trinajstić information content (AvgIpc) is 3.44. The van der Waals surface area contributed by atoms with Crippen molar-refractivity contribution < 1.29 is 19.3 Å². The number of nitro benzene ring substituents is 1. The number of rotatable bonds is 6. The van der Waals surface area contributed by atoms with Gasteiger partial charge in [-0.1, -0.05) is 17.7 Å². The summed E-state index contributed by atoms with van der Waals surface area (Å²) in [7, 11) is 0. The van der Waals surface area contributed by atoms with Crippen LogP contribution in [-0.2, 0) is 0 Å². The Kier molecular flexibility index (Phi) is 9.53. The Morgan fingerprint density at radius 2 is 1.47 bits per heavy atom. The van der Waals surface area contributed by atoms with Crippen molar-refractivity contribution in [2.75, 3.05) is 62.6 Å². The van der Waals surface area contributed by atoms with E-state index in [4.69, 9.17) is 11.6 Å². The van der Waals surface area contributed by atoms with E-state index < -0.39 is 10.8 Å². The number of amides is 3. The number of benzene rings is 3. The number of nitro groups is 1. The van der Waals surface area contributed by atoms with Gasteiger partial charge in [0.15, 0.2) is 0 Å². The number of carbonyl (C=O) groups is 3. The van der Waals surface area contributed by atoms with E-state index in [0.717, 1.165) is 18.7 Å². The minimum atomic E-state index is -0.521. The zero-order valence-corrected chi connectivity index (χ0v) is 24.4. The minimum absolute atomic E-state index is 0.0936. The molecule has 0 radical (unpaired) electrons. The van der Waals surface area contributed by atoms with Crippen LogP contribution in [0.5, 0.6) is 0 Å². The summed E-state index contributed by atoms with van der Waals surface area (Å²) in [6.07, 6.45) is 1.55. The van der Waals surface area contributed by atoms with Crippen LogP contribution in [0.4, 0.5) is 17.1 Å². The summed E-state index contributed by atoms with van der Waals surface area (Å²) in [5.74, 6) is -0.661. The van der Waals surface area contributed by atoms with Crippen molar-refractivity contribution >= 4 is 46.4 Å². The van der Waals surface area contributed by atoms with Gasteiger partial charge >= 0.3 is 0 Å². The molecule has 0 unspecified atom stereocenters. The van der Waals surface area contributed by atoms with Crippen LogP contribution in [0.15, 0.2) is 66.7 Å². The lowest BCUT2D eigenvalue weighted by molar-refractivity contribution is -0.384. The van der Waals surface area contributed by atoms with Crippen LogP contribution in [0, 0.1) is 10.1 Å². The Morgan fingerprint density at radius 1 is 0.767 bits per heavy atom. The van der Waals surface area contributed by atoms with Crippen LogP contribution < -0.4 is 15.5 Å². The second kappa shape index (κ2) is 13.7. The lowest BCUT2D eigenvalue weighted by Crippen LogP contribution is -2.35. The fourth-order valence-corrected chi connectivity index (χ4v) is 5.56. The topological polar surface area (TPSA) is 128 Å². The Morgan fingerprint density at radius 3 is 2.21 bits per heavy atom. The van der Waals surface area contributed by atoms with Crippen molar-refractivity contribution in [2.24, 2.45) is 0 Å². The van der Waals surface area contributed by atoms with E-state index in [1.165, 1.54) is 24.3 Å². The predicted octanol–water partition coefficient (Wildman–Crippen LogP) is 4.29. The number of non-ortho nitro benzene ring substituents is 1. The third-order valence-corrected chi connectivity index (χ3v) is 7.89. The van der Waals surface area contributed by atoms with Gasteiger partial charge in [0.1, 0.15) is 0 Å². The molecule has 2 aliphatic rings. The fraction of sp³-hybridized carbons (Fsp3) is 0.323. The number of halogens is 1. The first kappa shape index (κ1) is 30.0. The molecule has 0 saturated carbocycles. The molecule has 12 heteroatoms. The fourth-order valence-electron chi connectivity index (χ4n) is 5.37. The average molecular weight is 605 g/mol. The minimum Gasteiger partial charge on any atom is -0.368 e. The third-order valence-electron chi connectivity index (χ3n) is 7.65. The van der Waals surface area contributed by atoms with E-state index in [0.29, 0.717) is 74.1 Å². The molecular weight excluding hydrogens is 572 g/mol. The quantitative estimate of drug-likeness (QED) is 0.317. The van der Waals surface area contributed by atoms with Crippen LogP contribution in [0.2, 0.25) is 5.02 Å². The van der Waals surface area contributed by atoms with Gasteiger partial charge in [-0.25, -0.2) is 0 Å². The van der Waals surface area contributed by atoms with E-state index in [1.54, 1.807) is 41.3 Å². The summed E-state index contributed by atoms with van der Waals surface area (Å²) in [4.78, 5) is 56.1. The zero-order valence-electron chi connectivity index (χ0n) is 23.6. The second-order valence-corrected chi connectivity index (χ2v) is 11.0. The monoisotopic (exact) mass is 604 g/mol. The number of hydrogen-bond donors (Lipinski definition) is 2. The van der Waals surface area contributed by atoms with E-state index >= 15 is 0 Å². The molecule has 0 bridgehead atoms. The van der Waals surface area contributed by atoms with Crippen LogP contribution >= 0.6 is 11.6 Å². The molecule has 2 N–H and O–H groups in total. The molecule has 0 spiro atoms. The molecule has 3 aromatic rings. The van der Waals surface area contributed by atoms with Gasteiger partial charge in [0.2, 0.25) is 0 Å². The Labute approximate surface area is 254 Å². The number of anilines is 2. The van der Waals surface area contributed by atoms with Crippen LogP contribution in [0.1, 0.15) is 43.9 Å². The molecule has 2 saturated heterocycles. The summed E-state index contributed by atoms with van der Waals surface area (Å²) in [6.45, 7) is 4.96. The van der Waals surface area contributed by atoms with Gasteiger partial charge in [0.05, 0.1) is 16.3 Å². The lowest BCUT2D eigenvalue weighted by atomic mass is 10.1. The lowest BCUT2D eigenvalue weighted by Gasteiger charge is -2.27. The molecule has 11 nitrogen and oxygen atoms in total. The summed E-state index contributed by atoms with van der Waals surface area (Å²) in [6, 6.07) is 17.6. The summed E-state index contributed by atoms with van der Waals surface area (Å²) in [5, 5.41) is 17.8. The van der Waals surface area contributed by atoms with E-state index in [1.807, 2.05) is 11.0 Å². The molecule has 5 rings (SSSR count). The normalized spacial score (nSPS) is 15.8. The van der Waals surface area contributed by atoms with Crippen molar-refractivity contribution in [3.63, 3.8) is 0 Å². The molecule has 43 heavy (non-hydrogen) atoms. The number of carbonyl (C=O) groups excluding carboxylic acids is 3. The maximum Gasteiger partial charge on any atom is 0.269 e. The van der Waals surface area contributed by atoms with E-state index in [-0.39, 0.29) is 23.1 Å². The molecule has 224 valence electrons. The highest BCUT2D eigenvalue weighted by molar-refractivity contribution is 6.31. The van der Waals surface area contributed by atoms with Gasteiger partial charge in [-0.05, 0) is 67.9 Å². The van der Waals surface area contributed by atoms with Crippen molar-refractivity contribution in [2.45, 2.75) is 12.8 Å². The molecule has 2 fully saturated rings. The van der Waals surface area contributed by atoms with Gasteiger partial charge in [0, 0.05) is 79.7 Å². The van der Waals surface area contributed by atoms with Crippen molar-refractivity contribution in [3.8, 4) is 0 Å². The molecule has 0 atom stereocenters. The maximum atomic E-state index is 13.4. The molecule has 2 aliphatic heterocycles. The molecule has 0 aromatic heterocycles. The third kappa shape index (κ3) is 7.30. The number of hydrogen-bond acceptors (Lipinski definition) is 7. The van der Waals surface area contributed by atoms with E-state index in [9.17, 15) is 24.5 Å². The number of nitrogens with zero attached hydrogens (tertiary/aromatic N) is 4. The van der Waals surface area contributed by atoms with E-state index in [2.05, 4.69) is 15.5 Å². The first-order valence-electron chi connectivity index (χ1n) is 14.3. The highest BCUT2D eigenvalue weighted by Crippen LogP contribution is 2.30. The van der Waals surface area contributed by atoms with Crippen LogP contribution in [0.25, 0.3) is 0 Å². The summed E-state index contributed by atoms with van der Waals surface area (Å²) in [5.41, 5.74) is 2.30. The smallest absolute Gasteiger partial charge is 0.269 e. The molecule has 2 heterocycles. The Bertz CT molecular complexity index is 1510. The Hall–Kier alpha value is -4.48. The maximum absolute atomic E-state index is 13.4. The summed E-state index contributed by atoms with van der Waals surface area (Å²) < 4.78 is 0. The van der Waals surface area contributed by atoms with Crippen LogP contribution in [0.3, 0.4) is 0 Å². The van der Waals surface area contributed by atoms with Crippen molar-refractivity contribution in [1.29, 1.82) is 0 Å².